The van der Waals surface area contributed by atoms with Crippen LogP contribution in [-0.4, -0.2) is 37.2 Å². The lowest BCUT2D eigenvalue weighted by molar-refractivity contribution is -0.167. The highest BCUT2D eigenvalue weighted by Crippen LogP contribution is 2.17. The summed E-state index contributed by atoms with van der Waals surface area (Å²) in [4.78, 5) is 38.1. The third-order valence-corrected chi connectivity index (χ3v) is 12.7. The zero-order chi connectivity index (χ0) is 46.5. The van der Waals surface area contributed by atoms with Gasteiger partial charge in [-0.25, -0.2) is 0 Å². The molecule has 0 spiro atoms. The maximum atomic E-state index is 12.8. The first-order valence-corrected chi connectivity index (χ1v) is 28.3. The molecule has 376 valence electrons. The molecule has 0 saturated carbocycles. The van der Waals surface area contributed by atoms with Gasteiger partial charge in [-0.3, -0.25) is 14.4 Å². The van der Waals surface area contributed by atoms with Gasteiger partial charge in [-0.2, -0.15) is 0 Å². The highest BCUT2D eigenvalue weighted by molar-refractivity contribution is 5.71. The van der Waals surface area contributed by atoms with Crippen molar-refractivity contribution in [1.29, 1.82) is 0 Å². The van der Waals surface area contributed by atoms with Gasteiger partial charge in [0.15, 0.2) is 6.10 Å². The minimum atomic E-state index is -0.773. The quantitative estimate of drug-likeness (QED) is 0.0262. The van der Waals surface area contributed by atoms with Gasteiger partial charge in [-0.1, -0.05) is 263 Å². The zero-order valence-electron chi connectivity index (χ0n) is 43.1. The van der Waals surface area contributed by atoms with Crippen molar-refractivity contribution >= 4 is 17.9 Å². The number of carbonyl (C=O) groups excluding carboxylic acids is 3. The Morgan fingerprint density at radius 2 is 0.562 bits per heavy atom. The number of esters is 3. The Labute approximate surface area is 398 Å². The molecule has 0 rings (SSSR count). The summed E-state index contributed by atoms with van der Waals surface area (Å²) in [5, 5.41) is 0. The summed E-state index contributed by atoms with van der Waals surface area (Å²) in [6.45, 7) is 6.66. The van der Waals surface area contributed by atoms with Crippen LogP contribution in [-0.2, 0) is 28.6 Å². The van der Waals surface area contributed by atoms with Crippen LogP contribution in [0.5, 0.6) is 0 Å². The van der Waals surface area contributed by atoms with Gasteiger partial charge in [-0.05, 0) is 51.4 Å². The van der Waals surface area contributed by atoms with Crippen LogP contribution in [0.25, 0.3) is 0 Å². The van der Waals surface area contributed by atoms with E-state index in [2.05, 4.69) is 45.1 Å². The molecule has 0 aromatic heterocycles. The molecule has 0 saturated heterocycles. The van der Waals surface area contributed by atoms with E-state index >= 15 is 0 Å². The predicted molar refractivity (Wildman–Crippen MR) is 275 cm³/mol. The van der Waals surface area contributed by atoms with E-state index in [9.17, 15) is 14.4 Å². The second kappa shape index (κ2) is 53.5. The summed E-state index contributed by atoms with van der Waals surface area (Å²) >= 11 is 0. The van der Waals surface area contributed by atoms with Gasteiger partial charge in [0.05, 0.1) is 0 Å². The Bertz CT molecular complexity index is 1040. The van der Waals surface area contributed by atoms with Crippen LogP contribution in [0.15, 0.2) is 24.3 Å². The smallest absolute Gasteiger partial charge is 0.306 e. The summed E-state index contributed by atoms with van der Waals surface area (Å²) in [5.74, 6) is -0.865. The SMILES string of the molecule is CCCCCC/C=C\C/C=C\CCCCCCCC(=O)OC(COC(=O)CCCCCCCCCCCCCCC)COC(=O)CCCCCCCCCCCCCCCCCCC. The monoisotopic (exact) mass is 901 g/mol. The molecule has 0 aliphatic carbocycles. The van der Waals surface area contributed by atoms with Crippen LogP contribution in [0.3, 0.4) is 0 Å². The van der Waals surface area contributed by atoms with E-state index in [1.54, 1.807) is 0 Å². The summed E-state index contributed by atoms with van der Waals surface area (Å²) in [6.07, 6.45) is 61.6. The number of allylic oxidation sites excluding steroid dienone is 4. The molecule has 1 unspecified atom stereocenters. The van der Waals surface area contributed by atoms with E-state index in [-0.39, 0.29) is 31.1 Å². The van der Waals surface area contributed by atoms with Gasteiger partial charge in [0.25, 0.3) is 0 Å². The summed E-state index contributed by atoms with van der Waals surface area (Å²) in [5.41, 5.74) is 0. The van der Waals surface area contributed by atoms with Crippen molar-refractivity contribution < 1.29 is 28.6 Å². The molecule has 0 aromatic rings. The third kappa shape index (κ3) is 50.9. The van der Waals surface area contributed by atoms with Crippen molar-refractivity contribution in [1.82, 2.24) is 0 Å². The Morgan fingerprint density at radius 1 is 0.312 bits per heavy atom. The fourth-order valence-corrected chi connectivity index (χ4v) is 8.42. The van der Waals surface area contributed by atoms with Crippen molar-refractivity contribution in [3.8, 4) is 0 Å². The summed E-state index contributed by atoms with van der Waals surface area (Å²) < 4.78 is 16.9. The lowest BCUT2D eigenvalue weighted by Crippen LogP contribution is -2.30. The predicted octanol–water partition coefficient (Wildman–Crippen LogP) is 18.7. The van der Waals surface area contributed by atoms with Gasteiger partial charge in [0.2, 0.25) is 0 Å². The molecule has 0 bridgehead atoms. The molecule has 0 radical (unpaired) electrons. The van der Waals surface area contributed by atoms with E-state index in [4.69, 9.17) is 14.2 Å². The number of hydrogen-bond acceptors (Lipinski definition) is 6. The second-order valence-corrected chi connectivity index (χ2v) is 19.2. The maximum Gasteiger partial charge on any atom is 0.306 e. The lowest BCUT2D eigenvalue weighted by atomic mass is 10.0. The van der Waals surface area contributed by atoms with Crippen molar-refractivity contribution in [3.05, 3.63) is 24.3 Å². The second-order valence-electron chi connectivity index (χ2n) is 19.2. The Balaban J connectivity index is 4.34. The standard InChI is InChI=1S/C58H108O6/c1-4-7-10-13-16-19-22-25-27-29-31-33-36-39-42-45-48-51-57(60)63-54-55(53-62-56(59)50-47-44-41-38-35-32-24-21-18-15-12-9-6-3)64-58(61)52-49-46-43-40-37-34-30-28-26-23-20-17-14-11-8-5-2/h20,23,28,30,55H,4-19,21-22,24-27,29,31-54H2,1-3H3/b23-20-,30-28-. The molecule has 1 atom stereocenters. The van der Waals surface area contributed by atoms with Crippen LogP contribution in [0.2, 0.25) is 0 Å². The molecule has 0 aromatic carbocycles. The Morgan fingerprint density at radius 3 is 0.875 bits per heavy atom. The third-order valence-electron chi connectivity index (χ3n) is 12.7. The molecule has 0 fully saturated rings. The minimum absolute atomic E-state index is 0.0716. The molecule has 0 aliphatic rings. The Hall–Kier alpha value is -2.11. The fourth-order valence-electron chi connectivity index (χ4n) is 8.42. The zero-order valence-corrected chi connectivity index (χ0v) is 43.1. The molecule has 6 heteroatoms. The van der Waals surface area contributed by atoms with E-state index in [1.807, 2.05) is 0 Å². The fraction of sp³-hybridized carbons (Fsp3) is 0.879. The van der Waals surface area contributed by atoms with E-state index in [0.29, 0.717) is 19.3 Å². The molecule has 0 amide bonds. The van der Waals surface area contributed by atoms with E-state index in [0.717, 1.165) is 77.0 Å². The molecule has 64 heavy (non-hydrogen) atoms. The van der Waals surface area contributed by atoms with Gasteiger partial charge < -0.3 is 14.2 Å². The van der Waals surface area contributed by atoms with Crippen LogP contribution in [0.4, 0.5) is 0 Å². The summed E-state index contributed by atoms with van der Waals surface area (Å²) in [6, 6.07) is 0. The van der Waals surface area contributed by atoms with E-state index < -0.39 is 6.10 Å². The highest BCUT2D eigenvalue weighted by atomic mass is 16.6. The maximum absolute atomic E-state index is 12.8. The largest absolute Gasteiger partial charge is 0.462 e. The number of unbranched alkanes of at least 4 members (excludes halogenated alkanes) is 37. The first kappa shape index (κ1) is 61.9. The minimum Gasteiger partial charge on any atom is -0.462 e. The lowest BCUT2D eigenvalue weighted by Gasteiger charge is -2.18. The first-order valence-electron chi connectivity index (χ1n) is 28.3. The van der Waals surface area contributed by atoms with Crippen molar-refractivity contribution in [2.75, 3.05) is 13.2 Å². The van der Waals surface area contributed by atoms with Crippen LogP contribution in [0, 0.1) is 0 Å². The molecule has 0 aliphatic heterocycles. The van der Waals surface area contributed by atoms with Crippen LogP contribution >= 0.6 is 0 Å². The molecular formula is C58H108O6. The number of carbonyl (C=O) groups is 3. The molecule has 0 N–H and O–H groups in total. The average molecular weight is 901 g/mol. The molecule has 0 heterocycles. The van der Waals surface area contributed by atoms with Crippen molar-refractivity contribution in [2.45, 2.75) is 316 Å². The average Bonchev–Trinajstić information content (AvgIpc) is 3.29. The topological polar surface area (TPSA) is 78.9 Å². The van der Waals surface area contributed by atoms with Crippen molar-refractivity contribution in [3.63, 3.8) is 0 Å². The number of ether oxygens (including phenoxy) is 3. The van der Waals surface area contributed by atoms with Gasteiger partial charge in [0.1, 0.15) is 13.2 Å². The molecular weight excluding hydrogens is 793 g/mol. The normalized spacial score (nSPS) is 12.1. The van der Waals surface area contributed by atoms with Crippen LogP contribution in [0.1, 0.15) is 310 Å². The number of hydrogen-bond donors (Lipinski definition) is 0. The highest BCUT2D eigenvalue weighted by Gasteiger charge is 2.19. The first-order chi connectivity index (χ1) is 31.5. The van der Waals surface area contributed by atoms with E-state index in [1.165, 1.54) is 193 Å². The van der Waals surface area contributed by atoms with Gasteiger partial charge >= 0.3 is 17.9 Å². The number of rotatable bonds is 52. The summed E-state index contributed by atoms with van der Waals surface area (Å²) in [7, 11) is 0. The Kier molecular flexibility index (Phi) is 51.7. The van der Waals surface area contributed by atoms with Gasteiger partial charge in [0, 0.05) is 19.3 Å². The molecule has 6 nitrogen and oxygen atoms in total. The van der Waals surface area contributed by atoms with Crippen LogP contribution < -0.4 is 0 Å². The van der Waals surface area contributed by atoms with Gasteiger partial charge in [-0.15, -0.1) is 0 Å². The van der Waals surface area contributed by atoms with Crippen molar-refractivity contribution in [2.24, 2.45) is 0 Å².